The Hall–Kier alpha value is -3.35. The predicted molar refractivity (Wildman–Crippen MR) is 107 cm³/mol. The molecule has 0 atom stereocenters. The summed E-state index contributed by atoms with van der Waals surface area (Å²) < 4.78 is 22.2. The van der Waals surface area contributed by atoms with Crippen molar-refractivity contribution in [3.8, 4) is 23.0 Å². The highest BCUT2D eigenvalue weighted by Crippen LogP contribution is 2.29. The van der Waals surface area contributed by atoms with Crippen molar-refractivity contribution in [2.75, 3.05) is 13.2 Å². The molecule has 0 spiro atoms. The molecule has 0 saturated heterocycles. The summed E-state index contributed by atoms with van der Waals surface area (Å²) >= 11 is 0. The molecule has 3 aromatic rings. The first kappa shape index (κ1) is 20.4. The van der Waals surface area contributed by atoms with Gasteiger partial charge in [0.2, 0.25) is 5.89 Å². The van der Waals surface area contributed by atoms with Crippen molar-refractivity contribution >= 4 is 5.97 Å². The van der Waals surface area contributed by atoms with Gasteiger partial charge in [0.15, 0.2) is 18.1 Å². The summed E-state index contributed by atoms with van der Waals surface area (Å²) in [4.78, 5) is 12.4. The van der Waals surface area contributed by atoms with Crippen LogP contribution >= 0.6 is 0 Å². The zero-order valence-corrected chi connectivity index (χ0v) is 16.8. The minimum Gasteiger partial charge on any atom is -0.490 e. The molecule has 0 aliphatic rings. The van der Waals surface area contributed by atoms with E-state index in [9.17, 15) is 4.79 Å². The van der Waals surface area contributed by atoms with E-state index >= 15 is 0 Å². The molecule has 3 rings (SSSR count). The predicted octanol–water partition coefficient (Wildman–Crippen LogP) is 4.53. The van der Waals surface area contributed by atoms with Gasteiger partial charge in [-0.2, -0.15) is 0 Å². The number of nitrogens with zero attached hydrogens (tertiary/aromatic N) is 2. The number of benzene rings is 2. The topological polar surface area (TPSA) is 83.7 Å². The standard InChI is InChI=1S/C22H24N2O5/c1-4-26-19-12-17(10-11-18(19)27-13-15(2)3)22(25)28-14-20-23-24-21(29-20)16-8-6-5-7-9-16/h5-12,15H,4,13-14H2,1-3H3. The van der Waals surface area contributed by atoms with E-state index in [0.29, 0.717) is 42.1 Å². The molecule has 1 aromatic heterocycles. The van der Waals surface area contributed by atoms with Crippen molar-refractivity contribution in [3.05, 3.63) is 60.0 Å². The van der Waals surface area contributed by atoms with E-state index in [1.54, 1.807) is 18.2 Å². The SMILES string of the molecule is CCOc1cc(C(=O)OCc2nnc(-c3ccccc3)o2)ccc1OCC(C)C. The second-order valence-electron chi connectivity index (χ2n) is 6.74. The van der Waals surface area contributed by atoms with Crippen molar-refractivity contribution in [2.24, 2.45) is 5.92 Å². The van der Waals surface area contributed by atoms with Crippen LogP contribution in [0.5, 0.6) is 11.5 Å². The van der Waals surface area contributed by atoms with Crippen LogP contribution in [0.3, 0.4) is 0 Å². The fourth-order valence-electron chi connectivity index (χ4n) is 2.50. The van der Waals surface area contributed by atoms with Crippen LogP contribution < -0.4 is 9.47 Å². The van der Waals surface area contributed by atoms with Gasteiger partial charge in [0.25, 0.3) is 5.89 Å². The molecule has 152 valence electrons. The minimum absolute atomic E-state index is 0.117. The third kappa shape index (κ3) is 5.57. The van der Waals surface area contributed by atoms with Gasteiger partial charge < -0.3 is 18.6 Å². The van der Waals surface area contributed by atoms with Gasteiger partial charge in [0.05, 0.1) is 18.8 Å². The lowest BCUT2D eigenvalue weighted by Crippen LogP contribution is -2.09. The van der Waals surface area contributed by atoms with Gasteiger partial charge in [-0.3, -0.25) is 0 Å². The third-order valence-electron chi connectivity index (χ3n) is 3.87. The van der Waals surface area contributed by atoms with E-state index in [1.807, 2.05) is 37.3 Å². The summed E-state index contributed by atoms with van der Waals surface area (Å²) in [6.07, 6.45) is 0. The zero-order chi connectivity index (χ0) is 20.6. The second kappa shape index (κ2) is 9.73. The zero-order valence-electron chi connectivity index (χ0n) is 16.8. The third-order valence-corrected chi connectivity index (χ3v) is 3.87. The Balaban J connectivity index is 1.64. The van der Waals surface area contributed by atoms with E-state index in [2.05, 4.69) is 24.0 Å². The van der Waals surface area contributed by atoms with Gasteiger partial charge in [0, 0.05) is 5.56 Å². The maximum atomic E-state index is 12.4. The van der Waals surface area contributed by atoms with Crippen LogP contribution in [-0.2, 0) is 11.3 Å². The van der Waals surface area contributed by atoms with E-state index in [1.165, 1.54) is 0 Å². The van der Waals surface area contributed by atoms with Crippen molar-refractivity contribution in [1.29, 1.82) is 0 Å². The highest BCUT2D eigenvalue weighted by atomic mass is 16.5. The van der Waals surface area contributed by atoms with Crippen LogP contribution in [-0.4, -0.2) is 29.4 Å². The molecule has 7 heteroatoms. The first-order valence-electron chi connectivity index (χ1n) is 9.51. The molecule has 1 heterocycles. The molecular formula is C22H24N2O5. The summed E-state index contributed by atoms with van der Waals surface area (Å²) in [7, 11) is 0. The lowest BCUT2D eigenvalue weighted by Gasteiger charge is -2.14. The van der Waals surface area contributed by atoms with Crippen LogP contribution in [0, 0.1) is 5.92 Å². The van der Waals surface area contributed by atoms with Crippen molar-refractivity contribution < 1.29 is 23.4 Å². The normalized spacial score (nSPS) is 10.8. The summed E-state index contributed by atoms with van der Waals surface area (Å²) in [6, 6.07) is 14.4. The van der Waals surface area contributed by atoms with Gasteiger partial charge in [0.1, 0.15) is 0 Å². The summed E-state index contributed by atoms with van der Waals surface area (Å²) in [6.45, 7) is 6.90. The monoisotopic (exact) mass is 396 g/mol. The number of rotatable bonds is 9. The molecule has 29 heavy (non-hydrogen) atoms. The largest absolute Gasteiger partial charge is 0.490 e. The fourth-order valence-corrected chi connectivity index (χ4v) is 2.50. The van der Waals surface area contributed by atoms with Gasteiger partial charge in [-0.25, -0.2) is 4.79 Å². The van der Waals surface area contributed by atoms with E-state index in [4.69, 9.17) is 18.6 Å². The molecule has 7 nitrogen and oxygen atoms in total. The molecule has 0 saturated carbocycles. The summed E-state index contributed by atoms with van der Waals surface area (Å²) in [5.74, 6) is 1.57. The molecule has 0 radical (unpaired) electrons. The lowest BCUT2D eigenvalue weighted by atomic mass is 10.2. The highest BCUT2D eigenvalue weighted by molar-refractivity contribution is 5.90. The number of aromatic nitrogens is 2. The number of hydrogen-bond acceptors (Lipinski definition) is 7. The minimum atomic E-state index is -0.513. The first-order valence-corrected chi connectivity index (χ1v) is 9.51. The molecular weight excluding hydrogens is 372 g/mol. The molecule has 0 aliphatic carbocycles. The van der Waals surface area contributed by atoms with Crippen LogP contribution in [0.25, 0.3) is 11.5 Å². The molecule has 0 N–H and O–H groups in total. The summed E-state index contributed by atoms with van der Waals surface area (Å²) in [5, 5.41) is 7.90. The van der Waals surface area contributed by atoms with Gasteiger partial charge >= 0.3 is 5.97 Å². The average molecular weight is 396 g/mol. The molecule has 0 amide bonds. The molecule has 0 bridgehead atoms. The number of carbonyl (C=O) groups excluding carboxylic acids is 1. The van der Waals surface area contributed by atoms with Crippen LogP contribution in [0.2, 0.25) is 0 Å². The number of carbonyl (C=O) groups is 1. The Kier molecular flexibility index (Phi) is 6.84. The van der Waals surface area contributed by atoms with Gasteiger partial charge in [-0.1, -0.05) is 32.0 Å². The van der Waals surface area contributed by atoms with Gasteiger partial charge in [-0.15, -0.1) is 10.2 Å². The average Bonchev–Trinajstić information content (AvgIpc) is 3.21. The van der Waals surface area contributed by atoms with Crippen LogP contribution in [0.15, 0.2) is 52.9 Å². The Morgan fingerprint density at radius 3 is 2.55 bits per heavy atom. The summed E-state index contributed by atoms with van der Waals surface area (Å²) in [5.41, 5.74) is 1.16. The van der Waals surface area contributed by atoms with Crippen LogP contribution in [0.1, 0.15) is 37.0 Å². The number of esters is 1. The second-order valence-corrected chi connectivity index (χ2v) is 6.74. The maximum Gasteiger partial charge on any atom is 0.338 e. The highest BCUT2D eigenvalue weighted by Gasteiger charge is 2.15. The van der Waals surface area contributed by atoms with E-state index in [0.717, 1.165) is 5.56 Å². The fraction of sp³-hybridized carbons (Fsp3) is 0.318. The van der Waals surface area contributed by atoms with Gasteiger partial charge in [-0.05, 0) is 43.2 Å². The van der Waals surface area contributed by atoms with Crippen LogP contribution in [0.4, 0.5) is 0 Å². The van der Waals surface area contributed by atoms with E-state index < -0.39 is 5.97 Å². The Labute approximate surface area is 169 Å². The Morgan fingerprint density at radius 1 is 1.03 bits per heavy atom. The smallest absolute Gasteiger partial charge is 0.338 e. The number of ether oxygens (including phenoxy) is 3. The van der Waals surface area contributed by atoms with Crippen molar-refractivity contribution in [2.45, 2.75) is 27.4 Å². The quantitative estimate of drug-likeness (QED) is 0.491. The van der Waals surface area contributed by atoms with Crippen molar-refractivity contribution in [1.82, 2.24) is 10.2 Å². The number of hydrogen-bond donors (Lipinski definition) is 0. The Morgan fingerprint density at radius 2 is 1.83 bits per heavy atom. The van der Waals surface area contributed by atoms with Crippen molar-refractivity contribution in [3.63, 3.8) is 0 Å². The molecule has 0 aliphatic heterocycles. The molecule has 0 unspecified atom stereocenters. The maximum absolute atomic E-state index is 12.4. The first-order chi connectivity index (χ1) is 14.1. The molecule has 0 fully saturated rings. The van der Waals surface area contributed by atoms with E-state index in [-0.39, 0.29) is 12.5 Å². The molecule has 2 aromatic carbocycles. The Bertz CT molecular complexity index is 937. The lowest BCUT2D eigenvalue weighted by molar-refractivity contribution is 0.0438.